The normalized spacial score (nSPS) is 17.0. The maximum atomic E-state index is 12.2. The Bertz CT molecular complexity index is 281. The average Bonchev–Trinajstić information content (AvgIpc) is 2.28. The first kappa shape index (κ1) is 16.0. The molecule has 0 unspecified atom stereocenters. The molecule has 110 valence electrons. The van der Waals surface area contributed by atoms with Crippen LogP contribution >= 0.6 is 0 Å². The van der Waals surface area contributed by atoms with E-state index in [0.717, 1.165) is 25.7 Å². The van der Waals surface area contributed by atoms with E-state index in [-0.39, 0.29) is 18.1 Å². The molecule has 0 bridgehead atoms. The molecule has 0 N–H and O–H groups in total. The van der Waals surface area contributed by atoms with Gasteiger partial charge < -0.3 is 9.47 Å². The van der Waals surface area contributed by atoms with Crippen molar-refractivity contribution in [1.82, 2.24) is 0 Å². The molecule has 4 nitrogen and oxygen atoms in total. The second-order valence-corrected chi connectivity index (χ2v) is 5.85. The summed E-state index contributed by atoms with van der Waals surface area (Å²) in [6.45, 7) is 7.18. The fraction of sp³-hybridized carbons (Fsp3) is 0.867. The topological polar surface area (TPSA) is 52.6 Å². The summed E-state index contributed by atoms with van der Waals surface area (Å²) in [4.78, 5) is 24.3. The van der Waals surface area contributed by atoms with Crippen LogP contribution in [0.3, 0.4) is 0 Å². The van der Waals surface area contributed by atoms with E-state index in [1.165, 1.54) is 6.42 Å². The van der Waals surface area contributed by atoms with Crippen LogP contribution in [0.5, 0.6) is 0 Å². The third kappa shape index (κ3) is 5.21. The molecule has 0 atom stereocenters. The Morgan fingerprint density at radius 2 is 1.26 bits per heavy atom. The van der Waals surface area contributed by atoms with Gasteiger partial charge in [-0.05, 0) is 46.5 Å². The Hall–Kier alpha value is -1.06. The molecule has 0 amide bonds. The highest BCUT2D eigenvalue weighted by atomic mass is 16.6. The van der Waals surface area contributed by atoms with Crippen LogP contribution in [0.25, 0.3) is 0 Å². The molecule has 1 aliphatic rings. The predicted octanol–water partition coefficient (Wildman–Crippen LogP) is 3.09. The van der Waals surface area contributed by atoms with Crippen LogP contribution in [-0.4, -0.2) is 24.1 Å². The van der Waals surface area contributed by atoms with Crippen molar-refractivity contribution in [2.45, 2.75) is 72.0 Å². The van der Waals surface area contributed by atoms with Gasteiger partial charge in [0.05, 0.1) is 12.2 Å². The highest BCUT2D eigenvalue weighted by Crippen LogP contribution is 2.32. The van der Waals surface area contributed by atoms with Gasteiger partial charge in [0.1, 0.15) is 0 Å². The lowest BCUT2D eigenvalue weighted by molar-refractivity contribution is -0.169. The standard InChI is InChI=1S/C15H26O4/c1-10(2)18-14(16)13(15(17)19-11(3)4)12-8-6-5-7-9-12/h10-13H,5-9H2,1-4H3. The van der Waals surface area contributed by atoms with E-state index in [1.807, 2.05) is 0 Å². The maximum absolute atomic E-state index is 12.2. The second kappa shape index (κ2) is 7.51. The third-order valence-corrected chi connectivity index (χ3v) is 3.33. The number of carbonyl (C=O) groups is 2. The fourth-order valence-electron chi connectivity index (χ4n) is 2.56. The molecule has 0 aromatic rings. The van der Waals surface area contributed by atoms with Crippen LogP contribution in [0.2, 0.25) is 0 Å². The summed E-state index contributed by atoms with van der Waals surface area (Å²) in [5, 5.41) is 0. The molecule has 1 aliphatic carbocycles. The van der Waals surface area contributed by atoms with Gasteiger partial charge >= 0.3 is 11.9 Å². The number of ether oxygens (including phenoxy) is 2. The number of hydrogen-bond acceptors (Lipinski definition) is 4. The van der Waals surface area contributed by atoms with Gasteiger partial charge in [-0.3, -0.25) is 9.59 Å². The molecule has 0 aromatic heterocycles. The van der Waals surface area contributed by atoms with Crippen molar-refractivity contribution in [3.63, 3.8) is 0 Å². The molecule has 0 spiro atoms. The van der Waals surface area contributed by atoms with E-state index in [2.05, 4.69) is 0 Å². The summed E-state index contributed by atoms with van der Waals surface area (Å²) in [5.74, 6) is -1.52. The van der Waals surface area contributed by atoms with E-state index >= 15 is 0 Å². The van der Waals surface area contributed by atoms with E-state index in [9.17, 15) is 9.59 Å². The van der Waals surface area contributed by atoms with Gasteiger partial charge in [-0.2, -0.15) is 0 Å². The minimum Gasteiger partial charge on any atom is -0.462 e. The summed E-state index contributed by atoms with van der Waals surface area (Å²) in [6, 6.07) is 0. The largest absolute Gasteiger partial charge is 0.462 e. The molecule has 1 saturated carbocycles. The molecule has 0 saturated heterocycles. The molecule has 1 rings (SSSR count). The maximum Gasteiger partial charge on any atom is 0.320 e. The van der Waals surface area contributed by atoms with Crippen LogP contribution in [0.15, 0.2) is 0 Å². The molecule has 4 heteroatoms. The Balaban J connectivity index is 2.76. The van der Waals surface area contributed by atoms with Crippen molar-refractivity contribution in [3.05, 3.63) is 0 Å². The van der Waals surface area contributed by atoms with Crippen molar-refractivity contribution in [1.29, 1.82) is 0 Å². The van der Waals surface area contributed by atoms with Crippen molar-refractivity contribution in [3.8, 4) is 0 Å². The summed E-state index contributed by atoms with van der Waals surface area (Å²) >= 11 is 0. The van der Waals surface area contributed by atoms with Crippen LogP contribution in [-0.2, 0) is 19.1 Å². The SMILES string of the molecule is CC(C)OC(=O)C(C(=O)OC(C)C)C1CCCCC1. The molecular formula is C15H26O4. The monoisotopic (exact) mass is 270 g/mol. The summed E-state index contributed by atoms with van der Waals surface area (Å²) < 4.78 is 10.5. The Labute approximate surface area is 115 Å². The summed E-state index contributed by atoms with van der Waals surface area (Å²) in [6.07, 6.45) is 4.74. The molecule has 0 radical (unpaired) electrons. The zero-order valence-corrected chi connectivity index (χ0v) is 12.5. The molecule has 19 heavy (non-hydrogen) atoms. The zero-order chi connectivity index (χ0) is 14.4. The lowest BCUT2D eigenvalue weighted by Gasteiger charge is -2.28. The van der Waals surface area contributed by atoms with Gasteiger partial charge in [0.15, 0.2) is 5.92 Å². The molecule has 1 fully saturated rings. The van der Waals surface area contributed by atoms with Gasteiger partial charge in [0.25, 0.3) is 0 Å². The van der Waals surface area contributed by atoms with Crippen LogP contribution in [0.4, 0.5) is 0 Å². The average molecular weight is 270 g/mol. The van der Waals surface area contributed by atoms with Crippen LogP contribution in [0, 0.1) is 11.8 Å². The molecular weight excluding hydrogens is 244 g/mol. The van der Waals surface area contributed by atoms with Gasteiger partial charge in [0.2, 0.25) is 0 Å². The summed E-state index contributed by atoms with van der Waals surface area (Å²) in [5.41, 5.74) is 0. The van der Waals surface area contributed by atoms with E-state index in [1.54, 1.807) is 27.7 Å². The van der Waals surface area contributed by atoms with E-state index in [4.69, 9.17) is 9.47 Å². The lowest BCUT2D eigenvalue weighted by atomic mass is 9.80. The van der Waals surface area contributed by atoms with E-state index < -0.39 is 17.9 Å². The number of carbonyl (C=O) groups excluding carboxylic acids is 2. The van der Waals surface area contributed by atoms with Gasteiger partial charge in [-0.15, -0.1) is 0 Å². The number of rotatable bonds is 5. The van der Waals surface area contributed by atoms with Crippen molar-refractivity contribution < 1.29 is 19.1 Å². The highest BCUT2D eigenvalue weighted by Gasteiger charge is 2.38. The third-order valence-electron chi connectivity index (χ3n) is 3.33. The van der Waals surface area contributed by atoms with Crippen molar-refractivity contribution in [2.24, 2.45) is 11.8 Å². The van der Waals surface area contributed by atoms with Gasteiger partial charge in [-0.1, -0.05) is 19.3 Å². The van der Waals surface area contributed by atoms with Gasteiger partial charge in [-0.25, -0.2) is 0 Å². The highest BCUT2D eigenvalue weighted by molar-refractivity contribution is 5.95. The fourth-order valence-corrected chi connectivity index (χ4v) is 2.56. The first-order chi connectivity index (χ1) is 8.91. The van der Waals surface area contributed by atoms with E-state index in [0.29, 0.717) is 0 Å². The van der Waals surface area contributed by atoms with Gasteiger partial charge in [0, 0.05) is 0 Å². The first-order valence-corrected chi connectivity index (χ1v) is 7.32. The minimum atomic E-state index is -0.745. The molecule has 0 aliphatic heterocycles. The summed E-state index contributed by atoms with van der Waals surface area (Å²) in [7, 11) is 0. The van der Waals surface area contributed by atoms with Crippen LogP contribution < -0.4 is 0 Å². The van der Waals surface area contributed by atoms with Crippen molar-refractivity contribution in [2.75, 3.05) is 0 Å². The quantitative estimate of drug-likeness (QED) is 0.569. The molecule has 0 aromatic carbocycles. The molecule has 0 heterocycles. The minimum absolute atomic E-state index is 0.0752. The predicted molar refractivity (Wildman–Crippen MR) is 72.5 cm³/mol. The Morgan fingerprint density at radius 1 is 0.842 bits per heavy atom. The second-order valence-electron chi connectivity index (χ2n) is 5.85. The number of esters is 2. The lowest BCUT2D eigenvalue weighted by Crippen LogP contribution is -2.37. The number of hydrogen-bond donors (Lipinski definition) is 0. The zero-order valence-electron chi connectivity index (χ0n) is 12.5. The van der Waals surface area contributed by atoms with Crippen molar-refractivity contribution >= 4 is 11.9 Å². The first-order valence-electron chi connectivity index (χ1n) is 7.32. The van der Waals surface area contributed by atoms with Crippen LogP contribution in [0.1, 0.15) is 59.8 Å². The smallest absolute Gasteiger partial charge is 0.320 e. The Kier molecular flexibility index (Phi) is 6.32. The Morgan fingerprint density at radius 3 is 1.63 bits per heavy atom.